The normalized spacial score (nSPS) is 19.1. The lowest BCUT2D eigenvalue weighted by atomic mass is 9.99. The first-order valence-corrected chi connectivity index (χ1v) is 8.93. The minimum absolute atomic E-state index is 0.118. The van der Waals surface area contributed by atoms with Gasteiger partial charge in [-0.2, -0.15) is 9.57 Å². The highest BCUT2D eigenvalue weighted by molar-refractivity contribution is 8.00. The molecule has 0 aromatic heterocycles. The highest BCUT2D eigenvalue weighted by Crippen LogP contribution is 2.35. The zero-order chi connectivity index (χ0) is 15.7. The highest BCUT2D eigenvalue weighted by Gasteiger charge is 2.39. The molecule has 4 nitrogen and oxygen atoms in total. The van der Waals surface area contributed by atoms with Crippen molar-refractivity contribution in [2.45, 2.75) is 22.5 Å². The van der Waals surface area contributed by atoms with Gasteiger partial charge in [0.25, 0.3) is 0 Å². The molecule has 1 aromatic rings. The van der Waals surface area contributed by atoms with Gasteiger partial charge in [0.15, 0.2) is 0 Å². The van der Waals surface area contributed by atoms with Crippen LogP contribution in [0.15, 0.2) is 23.1 Å². The van der Waals surface area contributed by atoms with E-state index in [4.69, 9.17) is 0 Å². The average molecular weight is 332 g/mol. The fourth-order valence-corrected chi connectivity index (χ4v) is 4.46. The van der Waals surface area contributed by atoms with E-state index >= 15 is 0 Å². The van der Waals surface area contributed by atoms with Gasteiger partial charge in [-0.15, -0.1) is 11.8 Å². The highest BCUT2D eigenvalue weighted by atomic mass is 32.2. The van der Waals surface area contributed by atoms with Crippen LogP contribution in [0.2, 0.25) is 0 Å². The fraction of sp³-hybridized carbons (Fsp3) is 0.462. The van der Waals surface area contributed by atoms with E-state index in [-0.39, 0.29) is 13.1 Å². The van der Waals surface area contributed by atoms with Gasteiger partial charge in [0.05, 0.1) is 6.07 Å². The third kappa shape index (κ3) is 3.05. The van der Waals surface area contributed by atoms with Crippen LogP contribution in [0.25, 0.3) is 0 Å². The van der Waals surface area contributed by atoms with Gasteiger partial charge in [0, 0.05) is 13.1 Å². The second-order valence-corrected chi connectivity index (χ2v) is 7.89. The summed E-state index contributed by atoms with van der Waals surface area (Å²) in [4.78, 5) is -0.656. The summed E-state index contributed by atoms with van der Waals surface area (Å²) in [5.41, 5.74) is 0. The monoisotopic (exact) mass is 332 g/mol. The number of hydrogen-bond donors (Lipinski definition) is 0. The van der Waals surface area contributed by atoms with Gasteiger partial charge >= 0.3 is 0 Å². The van der Waals surface area contributed by atoms with Crippen molar-refractivity contribution in [3.8, 4) is 6.07 Å². The summed E-state index contributed by atoms with van der Waals surface area (Å²) in [5.74, 6) is -1.78. The Balaban J connectivity index is 2.27. The van der Waals surface area contributed by atoms with Gasteiger partial charge in [-0.3, -0.25) is 0 Å². The number of thioether (sulfide) groups is 1. The molecule has 1 aromatic carbocycles. The molecular formula is C13H14F2N2O2S2. The van der Waals surface area contributed by atoms with Crippen LogP contribution in [0.1, 0.15) is 12.8 Å². The molecule has 0 atom stereocenters. The molecule has 1 aliphatic rings. The number of piperidine rings is 1. The topological polar surface area (TPSA) is 61.2 Å². The maximum absolute atomic E-state index is 13.7. The molecule has 114 valence electrons. The van der Waals surface area contributed by atoms with Gasteiger partial charge in [0.1, 0.15) is 21.3 Å². The van der Waals surface area contributed by atoms with Crippen molar-refractivity contribution in [2.24, 2.45) is 0 Å². The maximum Gasteiger partial charge on any atom is 0.246 e. The van der Waals surface area contributed by atoms with Crippen LogP contribution in [0.4, 0.5) is 8.78 Å². The molecule has 0 radical (unpaired) electrons. The Labute approximate surface area is 126 Å². The van der Waals surface area contributed by atoms with Crippen LogP contribution >= 0.6 is 11.8 Å². The Kier molecular flexibility index (Phi) is 4.56. The van der Waals surface area contributed by atoms with E-state index in [2.05, 4.69) is 6.07 Å². The molecule has 21 heavy (non-hydrogen) atoms. The van der Waals surface area contributed by atoms with E-state index in [0.717, 1.165) is 16.4 Å². The SMILES string of the molecule is CSC1(C#N)CCN(S(=O)(=O)c2cc(F)ccc2F)CC1. The Morgan fingerprint density at radius 3 is 2.48 bits per heavy atom. The van der Waals surface area contributed by atoms with Gasteiger partial charge < -0.3 is 0 Å². The van der Waals surface area contributed by atoms with Crippen molar-refractivity contribution >= 4 is 21.8 Å². The molecule has 0 saturated carbocycles. The molecule has 0 bridgehead atoms. The fourth-order valence-electron chi connectivity index (χ4n) is 2.26. The summed E-state index contributed by atoms with van der Waals surface area (Å²) in [5, 5.41) is 9.18. The van der Waals surface area contributed by atoms with Crippen molar-refractivity contribution in [3.05, 3.63) is 29.8 Å². The number of hydrogen-bond acceptors (Lipinski definition) is 4. The van der Waals surface area contributed by atoms with Crippen molar-refractivity contribution in [1.29, 1.82) is 5.26 Å². The lowest BCUT2D eigenvalue weighted by Gasteiger charge is -2.35. The number of nitriles is 1. The molecule has 1 heterocycles. The standard InChI is InChI=1S/C13H14F2N2O2S2/c1-20-13(9-16)4-6-17(7-5-13)21(18,19)12-8-10(14)2-3-11(12)15/h2-3,8H,4-7H2,1H3. The Bertz CT molecular complexity index is 678. The van der Waals surface area contributed by atoms with Gasteiger partial charge in [0.2, 0.25) is 10.0 Å². The maximum atomic E-state index is 13.7. The van der Waals surface area contributed by atoms with Crippen LogP contribution in [-0.2, 0) is 10.0 Å². The quantitative estimate of drug-likeness (QED) is 0.852. The Hall–Kier alpha value is -1.17. The van der Waals surface area contributed by atoms with Crippen LogP contribution in [0.5, 0.6) is 0 Å². The molecule has 0 amide bonds. The van der Waals surface area contributed by atoms with Crippen molar-refractivity contribution < 1.29 is 17.2 Å². The molecule has 8 heteroatoms. The number of rotatable bonds is 3. The van der Waals surface area contributed by atoms with E-state index in [0.29, 0.717) is 18.9 Å². The van der Waals surface area contributed by atoms with Crippen molar-refractivity contribution in [1.82, 2.24) is 4.31 Å². The predicted molar refractivity (Wildman–Crippen MR) is 76.2 cm³/mol. The van der Waals surface area contributed by atoms with E-state index in [1.54, 1.807) is 6.26 Å². The third-order valence-corrected chi connectivity index (χ3v) is 6.83. The van der Waals surface area contributed by atoms with Crippen molar-refractivity contribution in [2.75, 3.05) is 19.3 Å². The summed E-state index contributed by atoms with van der Waals surface area (Å²) in [6, 6.07) is 4.57. The van der Waals surface area contributed by atoms with E-state index in [9.17, 15) is 22.5 Å². The zero-order valence-electron chi connectivity index (χ0n) is 11.3. The molecule has 1 fully saturated rings. The van der Waals surface area contributed by atoms with Gasteiger partial charge in [-0.25, -0.2) is 17.2 Å². The number of sulfonamides is 1. The van der Waals surface area contributed by atoms with Crippen LogP contribution < -0.4 is 0 Å². The van der Waals surface area contributed by atoms with Crippen LogP contribution in [-0.4, -0.2) is 36.8 Å². The first kappa shape index (κ1) is 16.2. The van der Waals surface area contributed by atoms with Crippen LogP contribution in [0, 0.1) is 23.0 Å². The molecule has 0 aliphatic carbocycles. The third-order valence-electron chi connectivity index (χ3n) is 3.64. The average Bonchev–Trinajstić information content (AvgIpc) is 2.49. The van der Waals surface area contributed by atoms with E-state index in [1.807, 2.05) is 0 Å². The Morgan fingerprint density at radius 1 is 1.33 bits per heavy atom. The summed E-state index contributed by atoms with van der Waals surface area (Å²) in [6.45, 7) is 0.235. The largest absolute Gasteiger partial charge is 0.246 e. The number of nitrogens with zero attached hydrogens (tertiary/aromatic N) is 2. The first-order valence-electron chi connectivity index (χ1n) is 6.26. The van der Waals surface area contributed by atoms with Crippen LogP contribution in [0.3, 0.4) is 0 Å². The molecule has 2 rings (SSSR count). The zero-order valence-corrected chi connectivity index (χ0v) is 13.0. The van der Waals surface area contributed by atoms with E-state index in [1.165, 1.54) is 11.8 Å². The minimum Gasteiger partial charge on any atom is -0.207 e. The summed E-state index contributed by atoms with van der Waals surface area (Å²) < 4.78 is 52.1. The van der Waals surface area contributed by atoms with E-state index < -0.39 is 31.3 Å². The summed E-state index contributed by atoms with van der Waals surface area (Å²) >= 11 is 1.39. The molecule has 0 N–H and O–H groups in total. The second-order valence-electron chi connectivity index (χ2n) is 4.79. The lowest BCUT2D eigenvalue weighted by molar-refractivity contribution is 0.326. The Morgan fingerprint density at radius 2 is 1.95 bits per heavy atom. The molecular weight excluding hydrogens is 318 g/mol. The minimum atomic E-state index is -4.08. The summed E-state index contributed by atoms with van der Waals surface area (Å²) in [6.07, 6.45) is 2.53. The predicted octanol–water partition coefficient (Wildman–Crippen LogP) is 2.37. The number of halogens is 2. The lowest BCUT2D eigenvalue weighted by Crippen LogP contribution is -2.44. The van der Waals surface area contributed by atoms with Gasteiger partial charge in [-0.1, -0.05) is 0 Å². The number of benzene rings is 1. The van der Waals surface area contributed by atoms with Crippen molar-refractivity contribution in [3.63, 3.8) is 0 Å². The summed E-state index contributed by atoms with van der Waals surface area (Å²) in [7, 11) is -4.08. The first-order chi connectivity index (χ1) is 9.84. The molecule has 0 unspecified atom stereocenters. The molecule has 0 spiro atoms. The molecule has 1 aliphatic heterocycles. The smallest absolute Gasteiger partial charge is 0.207 e. The van der Waals surface area contributed by atoms with Gasteiger partial charge in [-0.05, 0) is 37.3 Å². The molecule has 1 saturated heterocycles. The second kappa shape index (κ2) is 5.91.